The van der Waals surface area contributed by atoms with Crippen LogP contribution in [0.4, 0.5) is 0 Å². The minimum atomic E-state index is -0.318. The smallest absolute Gasteiger partial charge is 0.242 e. The first kappa shape index (κ1) is 17.7. The van der Waals surface area contributed by atoms with Gasteiger partial charge in [-0.3, -0.25) is 20.4 Å². The molecule has 2 N–H and O–H groups in total. The molecule has 0 saturated heterocycles. The number of benzene rings is 2. The van der Waals surface area contributed by atoms with Crippen LogP contribution in [0.25, 0.3) is 5.69 Å². The van der Waals surface area contributed by atoms with E-state index in [4.69, 9.17) is 11.6 Å². The molecule has 0 aliphatic carbocycles. The molecule has 26 heavy (non-hydrogen) atoms. The molecular formula is C19H17ClN4O2. The normalized spacial score (nSPS) is 10.3. The Morgan fingerprint density at radius 2 is 1.50 bits per heavy atom. The zero-order valence-electron chi connectivity index (χ0n) is 13.9. The Labute approximate surface area is 155 Å². The second-order valence-electron chi connectivity index (χ2n) is 5.71. The molecule has 0 bridgehead atoms. The molecule has 0 unspecified atom stereocenters. The summed E-state index contributed by atoms with van der Waals surface area (Å²) in [5.74, 6) is -0.622. The van der Waals surface area contributed by atoms with Gasteiger partial charge in [-0.2, -0.15) is 5.10 Å². The van der Waals surface area contributed by atoms with E-state index in [0.717, 1.165) is 16.8 Å². The molecule has 0 radical (unpaired) electrons. The molecule has 0 fully saturated rings. The van der Waals surface area contributed by atoms with Gasteiger partial charge in [0.25, 0.3) is 0 Å². The largest absolute Gasteiger partial charge is 0.273 e. The highest BCUT2D eigenvalue weighted by atomic mass is 35.5. The number of halogens is 1. The number of nitrogens with zero attached hydrogens (tertiary/aromatic N) is 2. The molecule has 0 atom stereocenters. The van der Waals surface area contributed by atoms with Crippen molar-refractivity contribution in [3.05, 3.63) is 83.1 Å². The van der Waals surface area contributed by atoms with Crippen LogP contribution in [0.5, 0.6) is 0 Å². The van der Waals surface area contributed by atoms with Crippen molar-refractivity contribution in [2.75, 3.05) is 0 Å². The van der Waals surface area contributed by atoms with Gasteiger partial charge in [0, 0.05) is 11.2 Å². The van der Waals surface area contributed by atoms with E-state index in [9.17, 15) is 9.59 Å². The third kappa shape index (κ3) is 4.94. The summed E-state index contributed by atoms with van der Waals surface area (Å²) in [4.78, 5) is 23.8. The molecule has 7 heteroatoms. The topological polar surface area (TPSA) is 76.0 Å². The quantitative estimate of drug-likeness (QED) is 0.679. The summed E-state index contributed by atoms with van der Waals surface area (Å²) < 4.78 is 1.70. The standard InChI is InChI=1S/C19H17ClN4O2/c20-16-8-6-14(7-9-16)10-18(25)22-23-19(26)11-15-12-21-24(13-15)17-4-2-1-3-5-17/h1-9,12-13H,10-11H2,(H,22,25)(H,23,26). The summed E-state index contributed by atoms with van der Waals surface area (Å²) in [7, 11) is 0. The number of hydrazine groups is 1. The van der Waals surface area contributed by atoms with E-state index < -0.39 is 0 Å². The number of carbonyl (C=O) groups is 2. The van der Waals surface area contributed by atoms with Crippen molar-refractivity contribution in [3.8, 4) is 5.69 Å². The van der Waals surface area contributed by atoms with E-state index in [1.807, 2.05) is 30.3 Å². The Kier molecular flexibility index (Phi) is 5.66. The Bertz CT molecular complexity index is 891. The molecule has 0 saturated carbocycles. The first-order chi connectivity index (χ1) is 12.6. The molecule has 2 aromatic carbocycles. The van der Waals surface area contributed by atoms with E-state index >= 15 is 0 Å². The van der Waals surface area contributed by atoms with Crippen LogP contribution >= 0.6 is 11.6 Å². The van der Waals surface area contributed by atoms with Gasteiger partial charge in [0.2, 0.25) is 11.8 Å². The number of aromatic nitrogens is 2. The fourth-order valence-corrected chi connectivity index (χ4v) is 2.50. The van der Waals surface area contributed by atoms with Crippen molar-refractivity contribution in [2.24, 2.45) is 0 Å². The number of amides is 2. The van der Waals surface area contributed by atoms with Crippen molar-refractivity contribution in [2.45, 2.75) is 12.8 Å². The second kappa shape index (κ2) is 8.31. The zero-order valence-corrected chi connectivity index (χ0v) is 14.6. The molecular weight excluding hydrogens is 352 g/mol. The predicted octanol–water partition coefficient (Wildman–Crippen LogP) is 2.46. The average molecular weight is 369 g/mol. The summed E-state index contributed by atoms with van der Waals surface area (Å²) in [6, 6.07) is 16.6. The van der Waals surface area contributed by atoms with Crippen molar-refractivity contribution in [3.63, 3.8) is 0 Å². The number of nitrogens with one attached hydrogen (secondary N) is 2. The van der Waals surface area contributed by atoms with Gasteiger partial charge in [0.1, 0.15) is 0 Å². The van der Waals surface area contributed by atoms with Crippen LogP contribution in [-0.4, -0.2) is 21.6 Å². The first-order valence-corrected chi connectivity index (χ1v) is 8.39. The summed E-state index contributed by atoms with van der Waals surface area (Å²) in [6.07, 6.45) is 3.68. The number of carbonyl (C=O) groups excluding carboxylic acids is 2. The van der Waals surface area contributed by atoms with Gasteiger partial charge in [-0.15, -0.1) is 0 Å². The number of hydrogen-bond donors (Lipinski definition) is 2. The summed E-state index contributed by atoms with van der Waals surface area (Å²) in [5.41, 5.74) is 7.29. The van der Waals surface area contributed by atoms with Gasteiger partial charge < -0.3 is 0 Å². The highest BCUT2D eigenvalue weighted by Gasteiger charge is 2.09. The minimum Gasteiger partial charge on any atom is -0.273 e. The lowest BCUT2D eigenvalue weighted by molar-refractivity contribution is -0.128. The van der Waals surface area contributed by atoms with Crippen LogP contribution < -0.4 is 10.9 Å². The maximum Gasteiger partial charge on any atom is 0.242 e. The van der Waals surface area contributed by atoms with Crippen molar-refractivity contribution >= 4 is 23.4 Å². The van der Waals surface area contributed by atoms with Crippen LogP contribution in [0.2, 0.25) is 5.02 Å². The van der Waals surface area contributed by atoms with Gasteiger partial charge in [-0.1, -0.05) is 41.9 Å². The van der Waals surface area contributed by atoms with Crippen LogP contribution in [0.1, 0.15) is 11.1 Å². The SMILES string of the molecule is O=C(Cc1ccc(Cl)cc1)NNC(=O)Cc1cnn(-c2ccccc2)c1. The molecule has 0 aliphatic heterocycles. The Morgan fingerprint density at radius 1 is 0.885 bits per heavy atom. The van der Waals surface area contributed by atoms with Crippen molar-refractivity contribution in [1.29, 1.82) is 0 Å². The molecule has 1 heterocycles. The van der Waals surface area contributed by atoms with Gasteiger partial charge in [0.05, 0.1) is 24.7 Å². The summed E-state index contributed by atoms with van der Waals surface area (Å²) in [6.45, 7) is 0. The summed E-state index contributed by atoms with van der Waals surface area (Å²) in [5, 5.41) is 4.85. The molecule has 3 rings (SSSR count). The molecule has 3 aromatic rings. The zero-order chi connectivity index (χ0) is 18.4. The number of rotatable bonds is 5. The fourth-order valence-electron chi connectivity index (χ4n) is 2.37. The van der Waals surface area contributed by atoms with Crippen LogP contribution in [0.3, 0.4) is 0 Å². The van der Waals surface area contributed by atoms with Crippen LogP contribution in [0.15, 0.2) is 67.0 Å². The van der Waals surface area contributed by atoms with Gasteiger partial charge in [-0.05, 0) is 35.4 Å². The summed E-state index contributed by atoms with van der Waals surface area (Å²) >= 11 is 5.80. The lowest BCUT2D eigenvalue weighted by atomic mass is 10.1. The minimum absolute atomic E-state index is 0.119. The van der Waals surface area contributed by atoms with E-state index in [0.29, 0.717) is 5.02 Å². The predicted molar refractivity (Wildman–Crippen MR) is 98.7 cm³/mol. The van der Waals surface area contributed by atoms with Crippen LogP contribution in [-0.2, 0) is 22.4 Å². The van der Waals surface area contributed by atoms with Gasteiger partial charge >= 0.3 is 0 Å². The van der Waals surface area contributed by atoms with E-state index in [-0.39, 0.29) is 24.7 Å². The van der Waals surface area contributed by atoms with Crippen molar-refractivity contribution in [1.82, 2.24) is 20.6 Å². The van der Waals surface area contributed by atoms with Gasteiger partial charge in [0.15, 0.2) is 0 Å². The lowest BCUT2D eigenvalue weighted by Gasteiger charge is -2.07. The molecule has 6 nitrogen and oxygen atoms in total. The van der Waals surface area contributed by atoms with Crippen molar-refractivity contribution < 1.29 is 9.59 Å². The molecule has 2 amide bonds. The monoisotopic (exact) mass is 368 g/mol. The number of hydrogen-bond acceptors (Lipinski definition) is 3. The highest BCUT2D eigenvalue weighted by molar-refractivity contribution is 6.30. The molecule has 1 aromatic heterocycles. The third-order valence-corrected chi connectivity index (χ3v) is 3.89. The van der Waals surface area contributed by atoms with E-state index in [1.165, 1.54) is 0 Å². The van der Waals surface area contributed by atoms with E-state index in [1.54, 1.807) is 41.3 Å². The second-order valence-corrected chi connectivity index (χ2v) is 6.14. The lowest BCUT2D eigenvalue weighted by Crippen LogP contribution is -2.43. The van der Waals surface area contributed by atoms with E-state index in [2.05, 4.69) is 16.0 Å². The Morgan fingerprint density at radius 3 is 2.15 bits per heavy atom. The number of para-hydroxylation sites is 1. The molecule has 132 valence electrons. The van der Waals surface area contributed by atoms with Crippen LogP contribution in [0, 0.1) is 0 Å². The molecule has 0 aliphatic rings. The maximum atomic E-state index is 12.0. The Balaban J connectivity index is 1.47. The average Bonchev–Trinajstić information content (AvgIpc) is 3.11. The maximum absolute atomic E-state index is 12.0. The molecule has 0 spiro atoms. The first-order valence-electron chi connectivity index (χ1n) is 8.01. The van der Waals surface area contributed by atoms with Gasteiger partial charge in [-0.25, -0.2) is 4.68 Å². The third-order valence-electron chi connectivity index (χ3n) is 3.64. The Hall–Kier alpha value is -3.12. The highest BCUT2D eigenvalue weighted by Crippen LogP contribution is 2.10. The fraction of sp³-hybridized carbons (Fsp3) is 0.105.